The lowest BCUT2D eigenvalue weighted by atomic mass is 10.2. The second-order valence-electron chi connectivity index (χ2n) is 5.57. The van der Waals surface area contributed by atoms with Gasteiger partial charge in [0, 0.05) is 23.2 Å². The van der Waals surface area contributed by atoms with Gasteiger partial charge in [0.15, 0.2) is 0 Å². The van der Waals surface area contributed by atoms with E-state index in [4.69, 9.17) is 5.11 Å². The molecule has 1 aromatic carbocycles. The molecular formula is C18H19N5O4. The summed E-state index contributed by atoms with van der Waals surface area (Å²) < 4.78 is 0. The van der Waals surface area contributed by atoms with Crippen LogP contribution >= 0.6 is 0 Å². The number of hydrogen-bond acceptors (Lipinski definition) is 6. The van der Waals surface area contributed by atoms with Gasteiger partial charge in [-0.3, -0.25) is 14.4 Å². The SMILES string of the molecule is Cc1cc(C)nc(N/C=C(\NC(=O)c2ccccc2)C(=O)NCC(=O)O)n1. The molecule has 0 saturated heterocycles. The lowest BCUT2D eigenvalue weighted by molar-refractivity contribution is -0.137. The molecule has 0 fully saturated rings. The van der Waals surface area contributed by atoms with E-state index in [1.165, 1.54) is 6.20 Å². The van der Waals surface area contributed by atoms with Gasteiger partial charge in [-0.05, 0) is 32.0 Å². The molecule has 2 aromatic rings. The minimum atomic E-state index is -1.21. The third-order valence-corrected chi connectivity index (χ3v) is 3.26. The molecule has 1 heterocycles. The summed E-state index contributed by atoms with van der Waals surface area (Å²) in [5, 5.41) is 16.1. The molecule has 9 heteroatoms. The molecule has 0 aliphatic carbocycles. The minimum Gasteiger partial charge on any atom is -0.480 e. The van der Waals surface area contributed by atoms with Crippen molar-refractivity contribution in [1.29, 1.82) is 0 Å². The number of benzene rings is 1. The number of carbonyl (C=O) groups excluding carboxylic acids is 2. The van der Waals surface area contributed by atoms with Crippen LogP contribution in [0.5, 0.6) is 0 Å². The van der Waals surface area contributed by atoms with E-state index < -0.39 is 24.3 Å². The van der Waals surface area contributed by atoms with Crippen LogP contribution in [-0.2, 0) is 9.59 Å². The molecular weight excluding hydrogens is 350 g/mol. The van der Waals surface area contributed by atoms with Gasteiger partial charge < -0.3 is 21.1 Å². The maximum atomic E-state index is 12.3. The Morgan fingerprint density at radius 2 is 1.70 bits per heavy atom. The molecule has 0 unspecified atom stereocenters. The van der Waals surface area contributed by atoms with Gasteiger partial charge >= 0.3 is 5.97 Å². The lowest BCUT2D eigenvalue weighted by Gasteiger charge is -2.11. The van der Waals surface area contributed by atoms with Crippen molar-refractivity contribution >= 4 is 23.7 Å². The van der Waals surface area contributed by atoms with Crippen LogP contribution in [0, 0.1) is 13.8 Å². The second-order valence-corrected chi connectivity index (χ2v) is 5.57. The first-order valence-electron chi connectivity index (χ1n) is 8.00. The number of amides is 2. The molecule has 2 amide bonds. The molecule has 0 atom stereocenters. The number of carboxylic acid groups (broad SMARTS) is 1. The average molecular weight is 369 g/mol. The minimum absolute atomic E-state index is 0.173. The summed E-state index contributed by atoms with van der Waals surface area (Å²) in [5.74, 6) is -2.25. The van der Waals surface area contributed by atoms with E-state index in [0.29, 0.717) is 5.56 Å². The van der Waals surface area contributed by atoms with Gasteiger partial charge in [-0.2, -0.15) is 0 Å². The number of nitrogens with zero attached hydrogens (tertiary/aromatic N) is 2. The van der Waals surface area contributed by atoms with E-state index in [2.05, 4.69) is 25.9 Å². The molecule has 9 nitrogen and oxygen atoms in total. The number of aromatic nitrogens is 2. The van der Waals surface area contributed by atoms with E-state index in [-0.39, 0.29) is 11.6 Å². The molecule has 0 saturated carbocycles. The van der Waals surface area contributed by atoms with Gasteiger partial charge in [-0.15, -0.1) is 0 Å². The van der Waals surface area contributed by atoms with Crippen molar-refractivity contribution in [2.45, 2.75) is 13.8 Å². The standard InChI is InChI=1S/C18H19N5O4/c1-11-8-12(2)22-18(21-11)20-9-14(17(27)19-10-15(24)25)23-16(26)13-6-4-3-5-7-13/h3-9H,10H2,1-2H3,(H,19,27)(H,23,26)(H,24,25)(H,20,21,22)/b14-9-. The Morgan fingerprint density at radius 3 is 2.30 bits per heavy atom. The van der Waals surface area contributed by atoms with Crippen molar-refractivity contribution in [2.24, 2.45) is 0 Å². The molecule has 0 bridgehead atoms. The molecule has 4 N–H and O–H groups in total. The van der Waals surface area contributed by atoms with E-state index in [1.807, 2.05) is 0 Å². The second kappa shape index (κ2) is 9.09. The van der Waals surface area contributed by atoms with Crippen molar-refractivity contribution in [3.05, 3.63) is 65.2 Å². The van der Waals surface area contributed by atoms with Crippen LogP contribution in [0.2, 0.25) is 0 Å². The largest absolute Gasteiger partial charge is 0.480 e. The van der Waals surface area contributed by atoms with Gasteiger partial charge in [0.05, 0.1) is 0 Å². The number of rotatable bonds is 7. The Hall–Kier alpha value is -3.75. The third kappa shape index (κ3) is 6.24. The van der Waals surface area contributed by atoms with Gasteiger partial charge in [-0.25, -0.2) is 9.97 Å². The summed E-state index contributed by atoms with van der Waals surface area (Å²) in [5.41, 5.74) is 1.62. The molecule has 0 radical (unpaired) electrons. The zero-order valence-corrected chi connectivity index (χ0v) is 14.8. The Morgan fingerprint density at radius 1 is 1.07 bits per heavy atom. The maximum Gasteiger partial charge on any atom is 0.322 e. The maximum absolute atomic E-state index is 12.3. The highest BCUT2D eigenvalue weighted by molar-refractivity contribution is 6.03. The van der Waals surface area contributed by atoms with Gasteiger partial charge in [0.25, 0.3) is 11.8 Å². The summed E-state index contributed by atoms with van der Waals surface area (Å²) in [6, 6.07) is 10.1. The molecule has 140 valence electrons. The number of carbonyl (C=O) groups is 3. The first kappa shape index (κ1) is 19.6. The summed E-state index contributed by atoms with van der Waals surface area (Å²) in [6.07, 6.45) is 1.21. The molecule has 0 aliphatic heterocycles. The van der Waals surface area contributed by atoms with Crippen molar-refractivity contribution in [1.82, 2.24) is 20.6 Å². The van der Waals surface area contributed by atoms with E-state index in [0.717, 1.165) is 11.4 Å². The third-order valence-electron chi connectivity index (χ3n) is 3.26. The topological polar surface area (TPSA) is 133 Å². The van der Waals surface area contributed by atoms with Crippen LogP contribution in [0.25, 0.3) is 0 Å². The van der Waals surface area contributed by atoms with Crippen LogP contribution in [0.4, 0.5) is 5.95 Å². The van der Waals surface area contributed by atoms with Gasteiger partial charge in [0.1, 0.15) is 12.2 Å². The fraction of sp³-hybridized carbons (Fsp3) is 0.167. The van der Waals surface area contributed by atoms with E-state index >= 15 is 0 Å². The predicted octanol–water partition coefficient (Wildman–Crippen LogP) is 0.978. The lowest BCUT2D eigenvalue weighted by Crippen LogP contribution is -2.37. The summed E-state index contributed by atoms with van der Waals surface area (Å²) >= 11 is 0. The molecule has 0 aliphatic rings. The van der Waals surface area contributed by atoms with E-state index in [9.17, 15) is 14.4 Å². The molecule has 0 spiro atoms. The normalized spacial score (nSPS) is 10.8. The van der Waals surface area contributed by atoms with Crippen LogP contribution in [0.1, 0.15) is 21.7 Å². The quantitative estimate of drug-likeness (QED) is 0.535. The van der Waals surface area contributed by atoms with Crippen LogP contribution < -0.4 is 16.0 Å². The zero-order valence-electron chi connectivity index (χ0n) is 14.8. The Bertz CT molecular complexity index is 860. The highest BCUT2D eigenvalue weighted by atomic mass is 16.4. The van der Waals surface area contributed by atoms with Crippen molar-refractivity contribution in [2.75, 3.05) is 11.9 Å². The highest BCUT2D eigenvalue weighted by Crippen LogP contribution is 2.05. The smallest absolute Gasteiger partial charge is 0.322 e. The summed E-state index contributed by atoms with van der Waals surface area (Å²) in [6.45, 7) is 3.00. The average Bonchev–Trinajstić information content (AvgIpc) is 2.62. The number of nitrogens with one attached hydrogen (secondary N) is 3. The Labute approximate surface area is 155 Å². The number of anilines is 1. The summed E-state index contributed by atoms with van der Waals surface area (Å²) in [7, 11) is 0. The fourth-order valence-electron chi connectivity index (χ4n) is 2.12. The fourth-order valence-corrected chi connectivity index (χ4v) is 2.12. The predicted molar refractivity (Wildman–Crippen MR) is 97.8 cm³/mol. The number of aliphatic carboxylic acids is 1. The number of carboxylic acids is 1. The Balaban J connectivity index is 2.21. The molecule has 1 aromatic heterocycles. The monoisotopic (exact) mass is 369 g/mol. The van der Waals surface area contributed by atoms with Crippen LogP contribution in [-0.4, -0.2) is 39.4 Å². The first-order chi connectivity index (χ1) is 12.8. The Kier molecular flexibility index (Phi) is 6.59. The summed E-state index contributed by atoms with van der Waals surface area (Å²) in [4.78, 5) is 43.6. The van der Waals surface area contributed by atoms with Crippen molar-refractivity contribution in [3.63, 3.8) is 0 Å². The first-order valence-corrected chi connectivity index (χ1v) is 8.00. The molecule has 2 rings (SSSR count). The highest BCUT2D eigenvalue weighted by Gasteiger charge is 2.15. The van der Waals surface area contributed by atoms with Crippen molar-refractivity contribution < 1.29 is 19.5 Å². The van der Waals surface area contributed by atoms with Gasteiger partial charge in [-0.1, -0.05) is 18.2 Å². The van der Waals surface area contributed by atoms with Gasteiger partial charge in [0.2, 0.25) is 5.95 Å². The zero-order chi connectivity index (χ0) is 19.8. The van der Waals surface area contributed by atoms with Crippen LogP contribution in [0.3, 0.4) is 0 Å². The van der Waals surface area contributed by atoms with Crippen molar-refractivity contribution in [3.8, 4) is 0 Å². The molecule has 27 heavy (non-hydrogen) atoms. The number of hydrogen-bond donors (Lipinski definition) is 4. The number of aryl methyl sites for hydroxylation is 2. The van der Waals surface area contributed by atoms with E-state index in [1.54, 1.807) is 50.2 Å². The van der Waals surface area contributed by atoms with Crippen LogP contribution in [0.15, 0.2) is 48.3 Å².